The van der Waals surface area contributed by atoms with Gasteiger partial charge in [-0.3, -0.25) is 9.36 Å². The van der Waals surface area contributed by atoms with Gasteiger partial charge in [-0.25, -0.2) is 0 Å². The molecule has 0 aliphatic heterocycles. The van der Waals surface area contributed by atoms with Crippen molar-refractivity contribution in [1.82, 2.24) is 14.8 Å². The van der Waals surface area contributed by atoms with Crippen LogP contribution in [0.15, 0.2) is 35.7 Å². The summed E-state index contributed by atoms with van der Waals surface area (Å²) >= 11 is 2.86. The molecule has 1 N–H and O–H groups in total. The van der Waals surface area contributed by atoms with Gasteiger partial charge in [-0.1, -0.05) is 30.3 Å². The number of ether oxygens (including phenoxy) is 1. The molecular weight excluding hydrogens is 430 g/mol. The molecule has 1 aromatic carbocycles. The molecule has 0 radical (unpaired) electrons. The van der Waals surface area contributed by atoms with Gasteiger partial charge in [-0.2, -0.15) is 5.26 Å². The molecule has 2 aromatic heterocycles. The average molecular weight is 454 g/mol. The summed E-state index contributed by atoms with van der Waals surface area (Å²) in [4.78, 5) is 14.2. The number of methoxy groups -OCH3 is 1. The minimum absolute atomic E-state index is 0.160. The van der Waals surface area contributed by atoms with Gasteiger partial charge in [0.25, 0.3) is 0 Å². The van der Waals surface area contributed by atoms with Gasteiger partial charge in [0.1, 0.15) is 23.1 Å². The highest BCUT2D eigenvalue weighted by molar-refractivity contribution is 8.00. The molecule has 1 amide bonds. The van der Waals surface area contributed by atoms with Crippen molar-refractivity contribution in [2.24, 2.45) is 0 Å². The molecule has 2 heterocycles. The number of carbonyl (C=O) groups excluding carboxylic acids is 1. The van der Waals surface area contributed by atoms with Crippen molar-refractivity contribution in [1.29, 1.82) is 5.26 Å². The van der Waals surface area contributed by atoms with E-state index in [9.17, 15) is 10.1 Å². The quantitative estimate of drug-likeness (QED) is 0.433. The van der Waals surface area contributed by atoms with Crippen LogP contribution >= 0.6 is 23.1 Å². The van der Waals surface area contributed by atoms with Crippen molar-refractivity contribution in [3.8, 4) is 17.5 Å². The largest absolute Gasteiger partial charge is 0.495 e. The first-order valence-corrected chi connectivity index (χ1v) is 11.9. The monoisotopic (exact) mass is 453 g/mol. The summed E-state index contributed by atoms with van der Waals surface area (Å²) in [6.07, 6.45) is 6.92. The molecule has 0 spiro atoms. The molecule has 0 fully saturated rings. The van der Waals surface area contributed by atoms with Crippen LogP contribution in [0.1, 0.15) is 42.2 Å². The predicted octanol–water partition coefficient (Wildman–Crippen LogP) is 4.60. The molecule has 7 nitrogen and oxygen atoms in total. The number of carbonyl (C=O) groups is 1. The number of benzene rings is 1. The normalized spacial score (nSPS) is 14.2. The maximum atomic E-state index is 12.9. The van der Waals surface area contributed by atoms with Gasteiger partial charge in [-0.05, 0) is 50.3 Å². The maximum absolute atomic E-state index is 12.9. The van der Waals surface area contributed by atoms with Gasteiger partial charge in [-0.15, -0.1) is 21.5 Å². The van der Waals surface area contributed by atoms with E-state index in [1.807, 2.05) is 31.2 Å². The second-order valence-electron chi connectivity index (χ2n) is 7.29. The Hall–Kier alpha value is -2.83. The highest BCUT2D eigenvalue weighted by atomic mass is 32.2. The molecule has 1 unspecified atom stereocenters. The summed E-state index contributed by atoms with van der Waals surface area (Å²) in [7, 11) is 1.61. The number of hydrogen-bond acceptors (Lipinski definition) is 7. The number of fused-ring (bicyclic) bond motifs is 1. The van der Waals surface area contributed by atoms with E-state index in [1.165, 1.54) is 23.1 Å². The molecule has 0 saturated heterocycles. The van der Waals surface area contributed by atoms with Crippen LogP contribution in [0.5, 0.6) is 5.75 Å². The van der Waals surface area contributed by atoms with E-state index >= 15 is 0 Å². The number of anilines is 1. The van der Waals surface area contributed by atoms with Crippen LogP contribution in [-0.4, -0.2) is 33.0 Å². The molecule has 31 heavy (non-hydrogen) atoms. The molecule has 1 aliphatic carbocycles. The van der Waals surface area contributed by atoms with Crippen molar-refractivity contribution in [2.45, 2.75) is 49.4 Å². The SMILES string of the molecule is COc1ccccc1-n1cnnc1SC(C)C(=O)Nc1sc2c(c1C#N)CCCCC2. The summed E-state index contributed by atoms with van der Waals surface area (Å²) in [6.45, 7) is 1.83. The lowest BCUT2D eigenvalue weighted by Crippen LogP contribution is -2.22. The molecule has 4 rings (SSSR count). The Balaban J connectivity index is 1.51. The molecule has 9 heteroatoms. The molecular formula is C22H23N5O2S2. The number of para-hydroxylation sites is 2. The molecule has 1 aliphatic rings. The predicted molar refractivity (Wildman–Crippen MR) is 122 cm³/mol. The number of hydrogen-bond donors (Lipinski definition) is 1. The maximum Gasteiger partial charge on any atom is 0.238 e. The van der Waals surface area contributed by atoms with Gasteiger partial charge in [0.15, 0.2) is 5.16 Å². The van der Waals surface area contributed by atoms with E-state index in [0.29, 0.717) is 21.5 Å². The number of thiophene rings is 1. The molecule has 160 valence electrons. The Morgan fingerprint density at radius 2 is 2.13 bits per heavy atom. The van der Waals surface area contributed by atoms with Crippen LogP contribution in [0.3, 0.4) is 0 Å². The lowest BCUT2D eigenvalue weighted by Gasteiger charge is -2.13. The highest BCUT2D eigenvalue weighted by Gasteiger charge is 2.24. The Morgan fingerprint density at radius 3 is 2.94 bits per heavy atom. The van der Waals surface area contributed by atoms with E-state index < -0.39 is 5.25 Å². The summed E-state index contributed by atoms with van der Waals surface area (Å²) in [5, 5.41) is 21.7. The van der Waals surface area contributed by atoms with Crippen LogP contribution in [0.4, 0.5) is 5.00 Å². The second kappa shape index (κ2) is 9.54. The van der Waals surface area contributed by atoms with Crippen molar-refractivity contribution < 1.29 is 9.53 Å². The number of rotatable bonds is 6. The Morgan fingerprint density at radius 1 is 1.32 bits per heavy atom. The van der Waals surface area contributed by atoms with Crippen LogP contribution in [0.25, 0.3) is 5.69 Å². The Kier molecular flexibility index (Phi) is 6.59. The number of aryl methyl sites for hydroxylation is 1. The fraction of sp³-hybridized carbons (Fsp3) is 0.364. The third-order valence-corrected chi connectivity index (χ3v) is 7.55. The van der Waals surface area contributed by atoms with Gasteiger partial charge >= 0.3 is 0 Å². The Labute approximate surface area is 189 Å². The Bertz CT molecular complexity index is 1130. The number of aromatic nitrogens is 3. The smallest absolute Gasteiger partial charge is 0.238 e. The third kappa shape index (κ3) is 4.45. The van der Waals surface area contributed by atoms with Gasteiger partial charge in [0.2, 0.25) is 5.91 Å². The zero-order chi connectivity index (χ0) is 21.8. The summed E-state index contributed by atoms with van der Waals surface area (Å²) < 4.78 is 7.24. The first-order valence-electron chi connectivity index (χ1n) is 10.2. The number of amides is 1. The van der Waals surface area contributed by atoms with Gasteiger partial charge in [0.05, 0.1) is 23.6 Å². The van der Waals surface area contributed by atoms with E-state index in [-0.39, 0.29) is 5.91 Å². The molecule has 0 saturated carbocycles. The average Bonchev–Trinajstić information content (AvgIpc) is 3.30. The standard InChI is InChI=1S/C22H23N5O2S2/c1-14(30-22-26-24-13-27(22)17-9-6-7-10-18(17)29-2)20(28)25-21-16(12-23)15-8-4-3-5-11-19(15)31-21/h6-7,9-10,13-14H,3-5,8,11H2,1-2H3,(H,25,28). The van der Waals surface area contributed by atoms with Crippen LogP contribution < -0.4 is 10.1 Å². The molecule has 0 bridgehead atoms. The van der Waals surface area contributed by atoms with Crippen LogP contribution in [-0.2, 0) is 17.6 Å². The van der Waals surface area contributed by atoms with Crippen molar-refractivity contribution >= 4 is 34.0 Å². The zero-order valence-corrected chi connectivity index (χ0v) is 19.1. The molecule has 3 aromatic rings. The first kappa shape index (κ1) is 21.4. The first-order chi connectivity index (χ1) is 15.1. The minimum Gasteiger partial charge on any atom is -0.495 e. The van der Waals surface area contributed by atoms with E-state index in [4.69, 9.17) is 4.74 Å². The fourth-order valence-electron chi connectivity index (χ4n) is 3.67. The van der Waals surface area contributed by atoms with Gasteiger partial charge < -0.3 is 10.1 Å². The van der Waals surface area contributed by atoms with Gasteiger partial charge in [0, 0.05) is 4.88 Å². The van der Waals surface area contributed by atoms with E-state index in [1.54, 1.807) is 29.3 Å². The van der Waals surface area contributed by atoms with E-state index in [0.717, 1.165) is 36.9 Å². The summed E-state index contributed by atoms with van der Waals surface area (Å²) in [5.74, 6) is 0.535. The van der Waals surface area contributed by atoms with Crippen LogP contribution in [0, 0.1) is 11.3 Å². The van der Waals surface area contributed by atoms with Crippen molar-refractivity contribution in [3.63, 3.8) is 0 Å². The van der Waals surface area contributed by atoms with Crippen LogP contribution in [0.2, 0.25) is 0 Å². The number of nitrogens with one attached hydrogen (secondary N) is 1. The van der Waals surface area contributed by atoms with Crippen molar-refractivity contribution in [3.05, 3.63) is 46.6 Å². The molecule has 1 atom stereocenters. The van der Waals surface area contributed by atoms with Crippen molar-refractivity contribution in [2.75, 3.05) is 12.4 Å². The fourth-order valence-corrected chi connectivity index (χ4v) is 5.75. The topological polar surface area (TPSA) is 92.8 Å². The number of thioether (sulfide) groups is 1. The minimum atomic E-state index is -0.425. The second-order valence-corrected chi connectivity index (χ2v) is 9.70. The third-order valence-electron chi connectivity index (χ3n) is 5.28. The number of nitriles is 1. The summed E-state index contributed by atoms with van der Waals surface area (Å²) in [6, 6.07) is 9.89. The highest BCUT2D eigenvalue weighted by Crippen LogP contribution is 2.37. The zero-order valence-electron chi connectivity index (χ0n) is 17.4. The lowest BCUT2D eigenvalue weighted by atomic mass is 10.1. The summed E-state index contributed by atoms with van der Waals surface area (Å²) in [5.41, 5.74) is 2.56. The number of nitrogens with zero attached hydrogens (tertiary/aromatic N) is 4. The van der Waals surface area contributed by atoms with E-state index in [2.05, 4.69) is 21.6 Å². The lowest BCUT2D eigenvalue weighted by molar-refractivity contribution is -0.115.